The molecule has 14 heavy (non-hydrogen) atoms. The molecule has 0 heterocycles. The number of esters is 1. The fourth-order valence-electron chi connectivity index (χ4n) is 0.918. The Morgan fingerprint density at radius 1 is 1.64 bits per heavy atom. The van der Waals surface area contributed by atoms with Crippen molar-refractivity contribution in [2.24, 2.45) is 0 Å². The van der Waals surface area contributed by atoms with Gasteiger partial charge in [-0.2, -0.15) is 0 Å². The predicted molar refractivity (Wildman–Crippen MR) is 64.1 cm³/mol. The summed E-state index contributed by atoms with van der Waals surface area (Å²) < 4.78 is 5.82. The van der Waals surface area contributed by atoms with Gasteiger partial charge in [0.05, 0.1) is 5.56 Å². The Morgan fingerprint density at radius 3 is 3.00 bits per heavy atom. The van der Waals surface area contributed by atoms with Gasteiger partial charge in [0.1, 0.15) is 6.61 Å². The maximum absolute atomic E-state index is 11.4. The molecule has 0 saturated heterocycles. The Kier molecular flexibility index (Phi) is 3.94. The average molecular weight is 303 g/mol. The highest BCUT2D eigenvalue weighted by Gasteiger charge is 2.10. The van der Waals surface area contributed by atoms with Crippen LogP contribution in [-0.4, -0.2) is 12.6 Å². The lowest BCUT2D eigenvalue weighted by Gasteiger charge is -2.05. The van der Waals surface area contributed by atoms with Gasteiger partial charge in [-0.25, -0.2) is 4.79 Å². The van der Waals surface area contributed by atoms with Crippen LogP contribution < -0.4 is 5.73 Å². The minimum absolute atomic E-state index is 0.198. The lowest BCUT2D eigenvalue weighted by Crippen LogP contribution is -2.08. The minimum Gasteiger partial charge on any atom is -0.458 e. The van der Waals surface area contributed by atoms with E-state index in [-0.39, 0.29) is 6.61 Å². The van der Waals surface area contributed by atoms with Gasteiger partial charge in [0.15, 0.2) is 0 Å². The highest BCUT2D eigenvalue weighted by Crippen LogP contribution is 2.16. The van der Waals surface area contributed by atoms with E-state index in [0.29, 0.717) is 11.3 Å². The monoisotopic (exact) mass is 303 g/mol. The maximum Gasteiger partial charge on any atom is 0.340 e. The molecule has 3 nitrogen and oxygen atoms in total. The van der Waals surface area contributed by atoms with Gasteiger partial charge in [0.2, 0.25) is 0 Å². The topological polar surface area (TPSA) is 52.3 Å². The van der Waals surface area contributed by atoms with Crippen LogP contribution in [0.3, 0.4) is 0 Å². The molecule has 0 atom stereocenters. The number of nitrogen functional groups attached to an aromatic ring is 1. The first kappa shape index (κ1) is 11.0. The number of benzene rings is 1. The molecule has 2 N–H and O–H groups in total. The van der Waals surface area contributed by atoms with Crippen molar-refractivity contribution in [2.75, 3.05) is 12.3 Å². The smallest absolute Gasteiger partial charge is 0.340 e. The van der Waals surface area contributed by atoms with Crippen LogP contribution in [0.15, 0.2) is 30.9 Å². The third-order valence-corrected chi connectivity index (χ3v) is 2.24. The van der Waals surface area contributed by atoms with Crippen molar-refractivity contribution in [3.05, 3.63) is 40.0 Å². The molecule has 74 valence electrons. The standard InChI is InChI=1S/C10H10INO2/c1-2-5-14-10(13)8-6-7(11)3-4-9(8)12/h2-4,6H,1,5,12H2. The normalized spacial score (nSPS) is 9.50. The van der Waals surface area contributed by atoms with Gasteiger partial charge >= 0.3 is 5.97 Å². The Morgan fingerprint density at radius 2 is 2.36 bits per heavy atom. The molecule has 0 bridgehead atoms. The number of ether oxygens (including phenoxy) is 1. The Hall–Kier alpha value is -1.04. The van der Waals surface area contributed by atoms with Crippen LogP contribution in [0, 0.1) is 3.57 Å². The fraction of sp³-hybridized carbons (Fsp3) is 0.100. The molecule has 0 fully saturated rings. The molecule has 0 unspecified atom stereocenters. The molecule has 0 radical (unpaired) electrons. The summed E-state index contributed by atoms with van der Waals surface area (Å²) in [5, 5.41) is 0. The first-order valence-electron chi connectivity index (χ1n) is 3.98. The van der Waals surface area contributed by atoms with Crippen molar-refractivity contribution in [1.82, 2.24) is 0 Å². The van der Waals surface area contributed by atoms with E-state index in [9.17, 15) is 4.79 Å². The van der Waals surface area contributed by atoms with Crippen LogP contribution in [0.4, 0.5) is 5.69 Å². The van der Waals surface area contributed by atoms with E-state index < -0.39 is 5.97 Å². The van der Waals surface area contributed by atoms with E-state index in [1.54, 1.807) is 12.1 Å². The summed E-state index contributed by atoms with van der Waals surface area (Å²) >= 11 is 2.11. The van der Waals surface area contributed by atoms with Crippen molar-refractivity contribution in [1.29, 1.82) is 0 Å². The lowest BCUT2D eigenvalue weighted by molar-refractivity contribution is 0.0551. The van der Waals surface area contributed by atoms with Crippen molar-refractivity contribution >= 4 is 34.2 Å². The molecule has 0 aliphatic carbocycles. The van der Waals surface area contributed by atoms with Crippen LogP contribution in [0.25, 0.3) is 0 Å². The fourth-order valence-corrected chi connectivity index (χ4v) is 1.41. The second kappa shape index (κ2) is 4.99. The molecular weight excluding hydrogens is 293 g/mol. The summed E-state index contributed by atoms with van der Waals surface area (Å²) in [6.07, 6.45) is 1.52. The molecule has 1 rings (SSSR count). The van der Waals surface area contributed by atoms with E-state index in [2.05, 4.69) is 29.2 Å². The number of halogens is 1. The zero-order chi connectivity index (χ0) is 10.6. The van der Waals surface area contributed by atoms with Crippen LogP contribution in [0.2, 0.25) is 0 Å². The molecule has 0 aromatic heterocycles. The van der Waals surface area contributed by atoms with Crippen molar-refractivity contribution in [2.45, 2.75) is 0 Å². The summed E-state index contributed by atoms with van der Waals surface area (Å²) in [5.74, 6) is -0.416. The Labute approximate surface area is 96.1 Å². The van der Waals surface area contributed by atoms with Crippen LogP contribution in [0.5, 0.6) is 0 Å². The van der Waals surface area contributed by atoms with Gasteiger partial charge < -0.3 is 10.5 Å². The number of carbonyl (C=O) groups is 1. The van der Waals surface area contributed by atoms with Crippen molar-refractivity contribution in [3.8, 4) is 0 Å². The van der Waals surface area contributed by atoms with E-state index >= 15 is 0 Å². The minimum atomic E-state index is -0.416. The number of nitrogens with two attached hydrogens (primary N) is 1. The first-order valence-corrected chi connectivity index (χ1v) is 5.06. The lowest BCUT2D eigenvalue weighted by atomic mass is 10.2. The molecular formula is C10H10INO2. The summed E-state index contributed by atoms with van der Waals surface area (Å²) in [7, 11) is 0. The number of carbonyl (C=O) groups excluding carboxylic acids is 1. The number of anilines is 1. The van der Waals surface area contributed by atoms with Crippen LogP contribution in [-0.2, 0) is 4.74 Å². The molecule has 0 saturated carbocycles. The summed E-state index contributed by atoms with van der Waals surface area (Å²) in [5.41, 5.74) is 6.46. The van der Waals surface area contributed by atoms with E-state index in [1.807, 2.05) is 6.07 Å². The number of hydrogen-bond donors (Lipinski definition) is 1. The van der Waals surface area contributed by atoms with E-state index in [0.717, 1.165) is 3.57 Å². The van der Waals surface area contributed by atoms with E-state index in [4.69, 9.17) is 10.5 Å². The third kappa shape index (κ3) is 2.73. The van der Waals surface area contributed by atoms with E-state index in [1.165, 1.54) is 6.08 Å². The average Bonchev–Trinajstić information content (AvgIpc) is 2.18. The van der Waals surface area contributed by atoms with Crippen molar-refractivity contribution in [3.63, 3.8) is 0 Å². The molecule has 1 aromatic carbocycles. The van der Waals surface area contributed by atoms with Crippen molar-refractivity contribution < 1.29 is 9.53 Å². The Balaban J connectivity index is 2.88. The zero-order valence-electron chi connectivity index (χ0n) is 7.50. The van der Waals surface area contributed by atoms with Gasteiger partial charge in [0, 0.05) is 9.26 Å². The first-order chi connectivity index (χ1) is 6.65. The van der Waals surface area contributed by atoms with Crippen LogP contribution >= 0.6 is 22.6 Å². The zero-order valence-corrected chi connectivity index (χ0v) is 9.65. The predicted octanol–water partition coefficient (Wildman–Crippen LogP) is 2.22. The van der Waals surface area contributed by atoms with Gasteiger partial charge in [-0.1, -0.05) is 12.7 Å². The van der Waals surface area contributed by atoms with Gasteiger partial charge in [-0.15, -0.1) is 0 Å². The van der Waals surface area contributed by atoms with Crippen LogP contribution in [0.1, 0.15) is 10.4 Å². The summed E-state index contributed by atoms with van der Waals surface area (Å²) in [4.78, 5) is 11.4. The molecule has 4 heteroatoms. The summed E-state index contributed by atoms with van der Waals surface area (Å²) in [6.45, 7) is 3.65. The molecule has 0 aliphatic rings. The second-order valence-electron chi connectivity index (χ2n) is 2.62. The number of hydrogen-bond acceptors (Lipinski definition) is 3. The third-order valence-electron chi connectivity index (χ3n) is 1.57. The summed E-state index contributed by atoms with van der Waals surface area (Å²) in [6, 6.07) is 5.22. The highest BCUT2D eigenvalue weighted by molar-refractivity contribution is 14.1. The Bertz CT molecular complexity index is 363. The molecule has 0 spiro atoms. The van der Waals surface area contributed by atoms with Gasteiger partial charge in [-0.3, -0.25) is 0 Å². The van der Waals surface area contributed by atoms with Gasteiger partial charge in [0.25, 0.3) is 0 Å². The molecule has 0 amide bonds. The second-order valence-corrected chi connectivity index (χ2v) is 3.86. The quantitative estimate of drug-likeness (QED) is 0.403. The number of rotatable bonds is 3. The molecule has 0 aliphatic heterocycles. The highest BCUT2D eigenvalue weighted by atomic mass is 127. The van der Waals surface area contributed by atoms with Gasteiger partial charge in [-0.05, 0) is 40.8 Å². The maximum atomic E-state index is 11.4. The largest absolute Gasteiger partial charge is 0.458 e. The molecule has 1 aromatic rings. The SMILES string of the molecule is C=CCOC(=O)c1cc(I)ccc1N.